The summed E-state index contributed by atoms with van der Waals surface area (Å²) in [4.78, 5) is 16.8. The molecule has 0 N–H and O–H groups in total. The lowest BCUT2D eigenvalue weighted by atomic mass is 9.89. The van der Waals surface area contributed by atoms with Crippen molar-refractivity contribution in [2.45, 2.75) is 0 Å². The third-order valence-corrected chi connectivity index (χ3v) is 8.22. The second-order valence-electron chi connectivity index (χ2n) is 10.8. The van der Waals surface area contributed by atoms with E-state index in [-0.39, 0.29) is 0 Å². The summed E-state index contributed by atoms with van der Waals surface area (Å²) in [5.74, 6) is 0. The molecule has 0 fully saturated rings. The van der Waals surface area contributed by atoms with Crippen molar-refractivity contribution in [3.63, 3.8) is 0 Å². The first-order valence-corrected chi connectivity index (χ1v) is 14.2. The monoisotopic (exact) mass is 559 g/mol. The molecule has 0 bridgehead atoms. The Bertz CT molecular complexity index is 2240. The Labute approximate surface area is 253 Å². The standard InChI is InChI=1S/C39H21N5/c1-41-37-23-43-15-12-33(37)25-5-2-4-24(16-25)30-17-26-8-10-28-19-31(20-29-11-9-27(18-30)38(26)39(28)29)35-6-3-7-36(44-35)34-13-14-42-22-32(34)21-40/h2-20,22-23H. The molecule has 0 atom stereocenters. The lowest BCUT2D eigenvalue weighted by Crippen LogP contribution is -1.92. The van der Waals surface area contributed by atoms with Gasteiger partial charge in [0.25, 0.3) is 0 Å². The van der Waals surface area contributed by atoms with Crippen molar-refractivity contribution in [3.05, 3.63) is 145 Å². The average Bonchev–Trinajstić information content (AvgIpc) is 3.10. The van der Waals surface area contributed by atoms with E-state index >= 15 is 0 Å². The van der Waals surface area contributed by atoms with Gasteiger partial charge in [0.2, 0.25) is 5.69 Å². The Morgan fingerprint density at radius 2 is 1.16 bits per heavy atom. The van der Waals surface area contributed by atoms with E-state index in [0.29, 0.717) is 11.3 Å². The molecular formula is C39H21N5. The van der Waals surface area contributed by atoms with Crippen molar-refractivity contribution < 1.29 is 0 Å². The summed E-state index contributed by atoms with van der Waals surface area (Å²) in [7, 11) is 0. The van der Waals surface area contributed by atoms with Gasteiger partial charge in [0.05, 0.1) is 23.5 Å². The Kier molecular flexibility index (Phi) is 5.83. The Morgan fingerprint density at radius 1 is 0.568 bits per heavy atom. The summed E-state index contributed by atoms with van der Waals surface area (Å²) >= 11 is 0. The van der Waals surface area contributed by atoms with Gasteiger partial charge < -0.3 is 0 Å². The first-order chi connectivity index (χ1) is 21.7. The van der Waals surface area contributed by atoms with Crippen LogP contribution in [0.3, 0.4) is 0 Å². The predicted octanol–water partition coefficient (Wildman–Crippen LogP) is 9.86. The normalized spacial score (nSPS) is 11.1. The molecule has 0 amide bonds. The highest BCUT2D eigenvalue weighted by Crippen LogP contribution is 2.40. The van der Waals surface area contributed by atoms with Crippen molar-refractivity contribution in [1.82, 2.24) is 15.0 Å². The van der Waals surface area contributed by atoms with Crippen LogP contribution in [0, 0.1) is 17.9 Å². The molecule has 5 aromatic carbocycles. The number of benzene rings is 5. The maximum atomic E-state index is 9.57. The van der Waals surface area contributed by atoms with E-state index in [9.17, 15) is 5.26 Å². The van der Waals surface area contributed by atoms with E-state index in [2.05, 4.69) is 81.5 Å². The molecule has 0 saturated heterocycles. The SMILES string of the molecule is [C-]#[N+]c1cnccc1-c1cccc(-c2cc3ccc4cc(-c5cccc(-c6ccncc6C#N)n5)cc5ccc(c2)c3c45)c1. The van der Waals surface area contributed by atoms with Gasteiger partial charge >= 0.3 is 0 Å². The van der Waals surface area contributed by atoms with Gasteiger partial charge in [-0.2, -0.15) is 5.26 Å². The highest BCUT2D eigenvalue weighted by Gasteiger charge is 2.14. The van der Waals surface area contributed by atoms with Gasteiger partial charge in [-0.3, -0.25) is 9.97 Å². The second kappa shape index (κ2) is 10.1. The van der Waals surface area contributed by atoms with Gasteiger partial charge in [-0.05, 0) is 109 Å². The summed E-state index contributed by atoms with van der Waals surface area (Å²) in [5, 5.41) is 16.7. The molecule has 3 aromatic heterocycles. The molecule has 0 spiro atoms. The molecule has 0 aliphatic rings. The van der Waals surface area contributed by atoms with Gasteiger partial charge in [-0.25, -0.2) is 9.83 Å². The van der Waals surface area contributed by atoms with Gasteiger partial charge in [0.15, 0.2) is 0 Å². The van der Waals surface area contributed by atoms with E-state index in [4.69, 9.17) is 11.6 Å². The lowest BCUT2D eigenvalue weighted by Gasteiger charge is -2.15. The number of pyridine rings is 3. The fourth-order valence-electron chi connectivity index (χ4n) is 6.19. The van der Waals surface area contributed by atoms with E-state index < -0.39 is 0 Å². The van der Waals surface area contributed by atoms with Crippen molar-refractivity contribution in [2.75, 3.05) is 0 Å². The van der Waals surface area contributed by atoms with Gasteiger partial charge in [-0.15, -0.1) is 0 Å². The minimum atomic E-state index is 0.504. The Balaban J connectivity index is 1.23. The van der Waals surface area contributed by atoms with Crippen LogP contribution in [0.5, 0.6) is 0 Å². The van der Waals surface area contributed by atoms with Crippen LogP contribution in [0.25, 0.3) is 81.9 Å². The molecule has 202 valence electrons. The Morgan fingerprint density at radius 3 is 1.84 bits per heavy atom. The molecular weight excluding hydrogens is 538 g/mol. The summed E-state index contributed by atoms with van der Waals surface area (Å²) in [6.45, 7) is 7.55. The number of aromatic nitrogens is 3. The van der Waals surface area contributed by atoms with Crippen LogP contribution >= 0.6 is 0 Å². The van der Waals surface area contributed by atoms with Gasteiger partial charge in [-0.1, -0.05) is 48.5 Å². The number of nitriles is 1. The molecule has 8 rings (SSSR count). The predicted molar refractivity (Wildman–Crippen MR) is 176 cm³/mol. The Hall–Kier alpha value is -6.43. The highest BCUT2D eigenvalue weighted by atomic mass is 14.7. The maximum Gasteiger partial charge on any atom is 0.212 e. The lowest BCUT2D eigenvalue weighted by molar-refractivity contribution is 1.27. The van der Waals surface area contributed by atoms with E-state index in [1.54, 1.807) is 24.8 Å². The number of hydrogen-bond donors (Lipinski definition) is 0. The average molecular weight is 560 g/mol. The highest BCUT2D eigenvalue weighted by molar-refractivity contribution is 6.24. The topological polar surface area (TPSA) is 66.8 Å². The number of nitrogens with zero attached hydrogens (tertiary/aromatic N) is 5. The van der Waals surface area contributed by atoms with Crippen molar-refractivity contribution in [2.24, 2.45) is 0 Å². The van der Waals surface area contributed by atoms with E-state index in [0.717, 1.165) is 55.5 Å². The third kappa shape index (κ3) is 4.12. The largest absolute Gasteiger partial charge is 0.276 e. The molecule has 0 saturated carbocycles. The fourth-order valence-corrected chi connectivity index (χ4v) is 6.19. The van der Waals surface area contributed by atoms with E-state index in [1.165, 1.54) is 21.5 Å². The van der Waals surface area contributed by atoms with Crippen LogP contribution in [0.4, 0.5) is 5.69 Å². The zero-order valence-corrected chi connectivity index (χ0v) is 23.4. The van der Waals surface area contributed by atoms with Crippen LogP contribution in [0.15, 0.2) is 128 Å². The molecule has 0 aliphatic heterocycles. The molecule has 44 heavy (non-hydrogen) atoms. The first-order valence-electron chi connectivity index (χ1n) is 14.2. The maximum absolute atomic E-state index is 9.57. The van der Waals surface area contributed by atoms with Crippen LogP contribution < -0.4 is 0 Å². The number of rotatable bonds is 4. The van der Waals surface area contributed by atoms with Crippen LogP contribution in [-0.4, -0.2) is 15.0 Å². The summed E-state index contributed by atoms with van der Waals surface area (Å²) < 4.78 is 0. The molecule has 0 radical (unpaired) electrons. The molecule has 0 aliphatic carbocycles. The van der Waals surface area contributed by atoms with Gasteiger partial charge in [0, 0.05) is 35.9 Å². The minimum absolute atomic E-state index is 0.504. The molecule has 3 heterocycles. The van der Waals surface area contributed by atoms with E-state index in [1.807, 2.05) is 42.5 Å². The molecule has 8 aromatic rings. The van der Waals surface area contributed by atoms with Gasteiger partial charge in [0.1, 0.15) is 6.07 Å². The molecule has 5 heteroatoms. The zero-order valence-electron chi connectivity index (χ0n) is 23.4. The number of hydrogen-bond acceptors (Lipinski definition) is 4. The van der Waals surface area contributed by atoms with Crippen LogP contribution in [-0.2, 0) is 0 Å². The molecule has 0 unspecified atom stereocenters. The quantitative estimate of drug-likeness (QED) is 0.159. The zero-order chi connectivity index (χ0) is 29.6. The van der Waals surface area contributed by atoms with Crippen molar-refractivity contribution in [1.29, 1.82) is 5.26 Å². The fraction of sp³-hybridized carbons (Fsp3) is 0. The molecule has 5 nitrogen and oxygen atoms in total. The van der Waals surface area contributed by atoms with Crippen molar-refractivity contribution >= 4 is 38.0 Å². The minimum Gasteiger partial charge on any atom is -0.276 e. The summed E-state index contributed by atoms with van der Waals surface area (Å²) in [6.07, 6.45) is 6.61. The van der Waals surface area contributed by atoms with Crippen LogP contribution in [0.1, 0.15) is 5.56 Å². The first kappa shape index (κ1) is 25.3. The second-order valence-corrected chi connectivity index (χ2v) is 10.8. The van der Waals surface area contributed by atoms with Crippen LogP contribution in [0.2, 0.25) is 0 Å². The smallest absolute Gasteiger partial charge is 0.212 e. The summed E-state index contributed by atoms with van der Waals surface area (Å²) in [6, 6.07) is 37.9. The van der Waals surface area contributed by atoms with Crippen molar-refractivity contribution in [3.8, 4) is 50.8 Å². The third-order valence-electron chi connectivity index (χ3n) is 8.22. The summed E-state index contributed by atoms with van der Waals surface area (Å²) in [5.41, 5.74) is 8.57.